The lowest BCUT2D eigenvalue weighted by atomic mass is 9.80. The van der Waals surface area contributed by atoms with E-state index in [-0.39, 0.29) is 6.17 Å². The Bertz CT molecular complexity index is 1700. The van der Waals surface area contributed by atoms with Crippen molar-refractivity contribution in [2.24, 2.45) is 0 Å². The van der Waals surface area contributed by atoms with Crippen LogP contribution in [-0.4, -0.2) is 17.2 Å². The summed E-state index contributed by atoms with van der Waals surface area (Å²) in [5.41, 5.74) is 13.8. The van der Waals surface area contributed by atoms with Crippen molar-refractivity contribution in [3.63, 3.8) is 0 Å². The van der Waals surface area contributed by atoms with Crippen molar-refractivity contribution in [1.29, 1.82) is 0 Å². The Morgan fingerprint density at radius 2 is 1.08 bits per heavy atom. The molecule has 3 nitrogen and oxygen atoms in total. The monoisotopic (exact) mass is 493 g/mol. The summed E-state index contributed by atoms with van der Waals surface area (Å²) in [7, 11) is 0. The highest BCUT2D eigenvalue weighted by molar-refractivity contribution is 6.04. The van der Waals surface area contributed by atoms with Gasteiger partial charge in [0.25, 0.3) is 0 Å². The highest BCUT2D eigenvalue weighted by Crippen LogP contribution is 2.51. The number of hydrogen-bond donors (Lipinski definition) is 0. The van der Waals surface area contributed by atoms with Gasteiger partial charge in [-0.2, -0.15) is 0 Å². The third-order valence-corrected chi connectivity index (χ3v) is 8.14. The van der Waals surface area contributed by atoms with E-state index in [9.17, 15) is 0 Å². The minimum Gasteiger partial charge on any atom is -0.346 e. The normalized spacial score (nSPS) is 15.2. The first kappa shape index (κ1) is 22.8. The lowest BCUT2D eigenvalue weighted by Crippen LogP contribution is -2.42. The van der Waals surface area contributed by atoms with E-state index in [1.165, 1.54) is 61.4 Å². The van der Waals surface area contributed by atoms with Gasteiger partial charge in [0, 0.05) is 17.9 Å². The molecule has 1 aliphatic heterocycles. The predicted octanol–water partition coefficient (Wildman–Crippen LogP) is 9.08. The van der Waals surface area contributed by atoms with Gasteiger partial charge in [0.15, 0.2) is 5.82 Å². The van der Waals surface area contributed by atoms with Gasteiger partial charge in [-0.25, -0.2) is 4.98 Å². The second-order valence-corrected chi connectivity index (χ2v) is 10.7. The summed E-state index contributed by atoms with van der Waals surface area (Å²) in [5.74, 6) is 1.03. The van der Waals surface area contributed by atoms with E-state index in [2.05, 4.69) is 128 Å². The highest BCUT2D eigenvalue weighted by atomic mass is 15.4. The maximum absolute atomic E-state index is 4.88. The Labute approximate surface area is 225 Å². The molecule has 0 unspecified atom stereocenters. The molecule has 5 aromatic rings. The molecule has 0 fully saturated rings. The fraction of sp³-hybridized carbons (Fsp3) is 0.171. The van der Waals surface area contributed by atoms with Gasteiger partial charge in [-0.05, 0) is 102 Å². The summed E-state index contributed by atoms with van der Waals surface area (Å²) >= 11 is 0. The summed E-state index contributed by atoms with van der Waals surface area (Å²) < 4.78 is 0. The minimum absolute atomic E-state index is 0.161. The highest BCUT2D eigenvalue weighted by Gasteiger charge is 2.37. The zero-order chi connectivity index (χ0) is 26.0. The average Bonchev–Trinajstić information content (AvgIpc) is 3.24. The van der Waals surface area contributed by atoms with Gasteiger partial charge in [-0.3, -0.25) is 0 Å². The van der Waals surface area contributed by atoms with Gasteiger partial charge in [-0.1, -0.05) is 72.8 Å². The summed E-state index contributed by atoms with van der Waals surface area (Å²) in [4.78, 5) is 9.77. The Morgan fingerprint density at radius 1 is 0.605 bits per heavy atom. The molecule has 0 saturated carbocycles. The number of hydrogen-bond acceptors (Lipinski definition) is 3. The molecule has 1 atom stereocenters. The fourth-order valence-corrected chi connectivity index (χ4v) is 6.56. The molecular weight excluding hydrogens is 462 g/mol. The van der Waals surface area contributed by atoms with Gasteiger partial charge < -0.3 is 9.80 Å². The molecule has 38 heavy (non-hydrogen) atoms. The average molecular weight is 494 g/mol. The van der Waals surface area contributed by atoms with Crippen molar-refractivity contribution < 1.29 is 0 Å². The van der Waals surface area contributed by atoms with Gasteiger partial charge in [0.05, 0.1) is 5.69 Å². The zero-order valence-corrected chi connectivity index (χ0v) is 22.3. The molecule has 1 aliphatic carbocycles. The summed E-state index contributed by atoms with van der Waals surface area (Å²) in [6, 6.07) is 35.9. The molecule has 0 N–H and O–H groups in total. The van der Waals surface area contributed by atoms with Crippen LogP contribution in [0.25, 0.3) is 44.5 Å². The molecule has 2 aliphatic rings. The number of benzene rings is 4. The van der Waals surface area contributed by atoms with Crippen LogP contribution >= 0.6 is 0 Å². The van der Waals surface area contributed by atoms with E-state index in [4.69, 9.17) is 4.98 Å². The molecule has 0 amide bonds. The van der Waals surface area contributed by atoms with E-state index in [0.29, 0.717) is 6.04 Å². The predicted molar refractivity (Wildman–Crippen MR) is 160 cm³/mol. The van der Waals surface area contributed by atoms with Crippen LogP contribution in [0, 0.1) is 6.92 Å². The third-order valence-electron chi connectivity index (χ3n) is 8.14. The Balaban J connectivity index is 1.53. The molecule has 0 saturated heterocycles. The molecule has 2 heterocycles. The Morgan fingerprint density at radius 3 is 1.58 bits per heavy atom. The SMILES string of the molecule is Cc1cc2c(cc1N1c3ncccc3N(C(C)C)[C@@H]1C)-c1ccccc1-c1ccccc1-c1ccccc1-2. The van der Waals surface area contributed by atoms with Crippen LogP contribution in [0.4, 0.5) is 17.2 Å². The molecule has 7 rings (SSSR count). The number of aromatic nitrogens is 1. The van der Waals surface area contributed by atoms with Gasteiger partial charge >= 0.3 is 0 Å². The molecule has 0 radical (unpaired) electrons. The number of aryl methyl sites for hydroxylation is 1. The molecule has 4 aromatic carbocycles. The molecule has 0 spiro atoms. The van der Waals surface area contributed by atoms with Gasteiger partial charge in [0.1, 0.15) is 6.17 Å². The Hall–Kier alpha value is -4.37. The molecule has 0 bridgehead atoms. The maximum atomic E-state index is 4.88. The van der Waals surface area contributed by atoms with Crippen LogP contribution in [0.3, 0.4) is 0 Å². The maximum Gasteiger partial charge on any atom is 0.158 e. The van der Waals surface area contributed by atoms with E-state index >= 15 is 0 Å². The van der Waals surface area contributed by atoms with E-state index in [1.807, 2.05) is 12.3 Å². The lowest BCUT2D eigenvalue weighted by molar-refractivity contribution is 0.606. The van der Waals surface area contributed by atoms with Crippen LogP contribution in [0.5, 0.6) is 0 Å². The van der Waals surface area contributed by atoms with Crippen LogP contribution < -0.4 is 9.80 Å². The van der Waals surface area contributed by atoms with E-state index in [1.54, 1.807) is 0 Å². The summed E-state index contributed by atoms with van der Waals surface area (Å²) in [5, 5.41) is 0. The molecular formula is C35H31N3. The molecule has 1 aromatic heterocycles. The fourth-order valence-electron chi connectivity index (χ4n) is 6.56. The van der Waals surface area contributed by atoms with Crippen molar-refractivity contribution in [2.75, 3.05) is 9.80 Å². The van der Waals surface area contributed by atoms with E-state index in [0.717, 1.165) is 5.82 Å². The lowest BCUT2D eigenvalue weighted by Gasteiger charge is -2.34. The molecule has 186 valence electrons. The number of nitrogens with zero attached hydrogens (tertiary/aromatic N) is 3. The van der Waals surface area contributed by atoms with Crippen molar-refractivity contribution in [2.45, 2.75) is 39.9 Å². The van der Waals surface area contributed by atoms with Crippen molar-refractivity contribution >= 4 is 17.2 Å². The van der Waals surface area contributed by atoms with Crippen LogP contribution in [-0.2, 0) is 0 Å². The first-order valence-corrected chi connectivity index (χ1v) is 13.5. The van der Waals surface area contributed by atoms with Crippen LogP contribution in [0.2, 0.25) is 0 Å². The van der Waals surface area contributed by atoms with Crippen molar-refractivity contribution in [3.05, 3.63) is 109 Å². The number of fused-ring (bicyclic) bond motifs is 9. The smallest absolute Gasteiger partial charge is 0.158 e. The number of anilines is 3. The third kappa shape index (κ3) is 3.24. The second kappa shape index (κ2) is 8.59. The molecule has 3 heteroatoms. The van der Waals surface area contributed by atoms with E-state index < -0.39 is 0 Å². The first-order valence-electron chi connectivity index (χ1n) is 13.5. The topological polar surface area (TPSA) is 19.4 Å². The quantitative estimate of drug-likeness (QED) is 0.240. The first-order chi connectivity index (χ1) is 18.5. The standard InChI is InChI=1S/C35H31N3/c1-22(2)37-24(4)38(35-33(37)18-11-19-36-35)34-21-32-30-17-10-8-15-28(30)26-13-6-5-12-25(26)27-14-7-9-16-29(27)31(32)20-23(34)3/h5-22,24H,1-4H3/t24-/m0/s1. The zero-order valence-electron chi connectivity index (χ0n) is 22.3. The van der Waals surface area contributed by atoms with Gasteiger partial charge in [0.2, 0.25) is 0 Å². The second-order valence-electron chi connectivity index (χ2n) is 10.7. The van der Waals surface area contributed by atoms with Gasteiger partial charge in [-0.15, -0.1) is 0 Å². The van der Waals surface area contributed by atoms with Crippen LogP contribution in [0.15, 0.2) is 103 Å². The summed E-state index contributed by atoms with van der Waals surface area (Å²) in [6.45, 7) is 9.05. The largest absolute Gasteiger partial charge is 0.346 e. The minimum atomic E-state index is 0.161. The number of rotatable bonds is 2. The van der Waals surface area contributed by atoms with Crippen LogP contribution in [0.1, 0.15) is 26.3 Å². The Kier molecular flexibility index (Phi) is 5.16. The summed E-state index contributed by atoms with van der Waals surface area (Å²) in [6.07, 6.45) is 2.07. The van der Waals surface area contributed by atoms with Crippen molar-refractivity contribution in [3.8, 4) is 44.5 Å². The van der Waals surface area contributed by atoms with Crippen molar-refractivity contribution in [1.82, 2.24) is 4.98 Å². The number of pyridine rings is 1.